The van der Waals surface area contributed by atoms with Gasteiger partial charge in [-0.05, 0) is 50.1 Å². The zero-order chi connectivity index (χ0) is 19.5. The smallest absolute Gasteiger partial charge is 0.248 e. The summed E-state index contributed by atoms with van der Waals surface area (Å²) in [5.74, 6) is -0.256. The van der Waals surface area contributed by atoms with Crippen molar-refractivity contribution in [2.24, 2.45) is 0 Å². The molecule has 8 heteroatoms. The summed E-state index contributed by atoms with van der Waals surface area (Å²) in [6.07, 6.45) is 3.32. The fourth-order valence-electron chi connectivity index (χ4n) is 2.68. The van der Waals surface area contributed by atoms with E-state index in [1.165, 1.54) is 10.4 Å². The predicted molar refractivity (Wildman–Crippen MR) is 102 cm³/mol. The maximum atomic E-state index is 12.8. The van der Waals surface area contributed by atoms with Gasteiger partial charge in [0.1, 0.15) is 6.04 Å². The van der Waals surface area contributed by atoms with Crippen molar-refractivity contribution in [3.63, 3.8) is 0 Å². The van der Waals surface area contributed by atoms with Gasteiger partial charge in [-0.1, -0.05) is 13.8 Å². The van der Waals surface area contributed by atoms with Crippen molar-refractivity contribution in [2.75, 3.05) is 18.4 Å². The number of hydrogen-bond acceptors (Lipinski definition) is 4. The van der Waals surface area contributed by atoms with Gasteiger partial charge in [0.2, 0.25) is 15.9 Å². The van der Waals surface area contributed by atoms with Crippen LogP contribution in [0, 0.1) is 13.8 Å². The Kier molecular flexibility index (Phi) is 6.20. The van der Waals surface area contributed by atoms with E-state index in [1.807, 2.05) is 13.8 Å². The Morgan fingerprint density at radius 2 is 1.92 bits per heavy atom. The van der Waals surface area contributed by atoms with E-state index in [0.717, 1.165) is 11.1 Å². The summed E-state index contributed by atoms with van der Waals surface area (Å²) in [6.45, 7) is 9.82. The Labute approximate surface area is 155 Å². The summed E-state index contributed by atoms with van der Waals surface area (Å²) in [4.78, 5) is 12.7. The number of nitrogens with zero attached hydrogens (tertiary/aromatic N) is 3. The second kappa shape index (κ2) is 8.01. The first-order valence-electron chi connectivity index (χ1n) is 8.63. The number of sulfonamides is 1. The molecule has 0 spiro atoms. The lowest BCUT2D eigenvalue weighted by molar-refractivity contribution is -0.119. The second-order valence-corrected chi connectivity index (χ2v) is 8.09. The van der Waals surface area contributed by atoms with Crippen molar-refractivity contribution in [3.8, 4) is 0 Å². The summed E-state index contributed by atoms with van der Waals surface area (Å²) in [5.41, 5.74) is 2.14. The second-order valence-electron chi connectivity index (χ2n) is 6.15. The lowest BCUT2D eigenvalue weighted by atomic mass is 10.1. The average Bonchev–Trinajstić information content (AvgIpc) is 3.13. The van der Waals surface area contributed by atoms with Gasteiger partial charge in [0.05, 0.1) is 4.90 Å². The molecular formula is C18H26N4O3S. The number of anilines is 1. The van der Waals surface area contributed by atoms with Crippen molar-refractivity contribution < 1.29 is 13.2 Å². The van der Waals surface area contributed by atoms with Crippen LogP contribution in [-0.2, 0) is 14.8 Å². The molecular weight excluding hydrogens is 352 g/mol. The molecule has 0 saturated heterocycles. The first-order chi connectivity index (χ1) is 12.2. The van der Waals surface area contributed by atoms with Crippen LogP contribution in [0.5, 0.6) is 0 Å². The van der Waals surface area contributed by atoms with Gasteiger partial charge in [-0.2, -0.15) is 9.40 Å². The van der Waals surface area contributed by atoms with E-state index in [-0.39, 0.29) is 10.8 Å². The highest BCUT2D eigenvalue weighted by atomic mass is 32.2. The van der Waals surface area contributed by atoms with E-state index in [1.54, 1.807) is 50.0 Å². The SMILES string of the molecule is CCN(CC)S(=O)(=O)c1cc(C)c(C)c(NC(=O)C(C)n2cccn2)c1. The number of aromatic nitrogens is 2. The van der Waals surface area contributed by atoms with Crippen LogP contribution < -0.4 is 5.32 Å². The third-order valence-corrected chi connectivity index (χ3v) is 6.57. The van der Waals surface area contributed by atoms with Crippen molar-refractivity contribution >= 4 is 21.6 Å². The third-order valence-electron chi connectivity index (χ3n) is 4.54. The molecule has 2 aromatic rings. The van der Waals surface area contributed by atoms with Crippen molar-refractivity contribution in [1.82, 2.24) is 14.1 Å². The number of aryl methyl sites for hydroxylation is 1. The van der Waals surface area contributed by atoms with E-state index in [9.17, 15) is 13.2 Å². The Morgan fingerprint density at radius 3 is 2.46 bits per heavy atom. The van der Waals surface area contributed by atoms with E-state index in [2.05, 4.69) is 10.4 Å². The molecule has 0 fully saturated rings. The lowest BCUT2D eigenvalue weighted by Gasteiger charge is -2.21. The van der Waals surface area contributed by atoms with Crippen molar-refractivity contribution in [2.45, 2.75) is 45.6 Å². The Balaban J connectivity index is 2.38. The largest absolute Gasteiger partial charge is 0.324 e. The first-order valence-corrected chi connectivity index (χ1v) is 10.1. The summed E-state index contributed by atoms with van der Waals surface area (Å²) >= 11 is 0. The summed E-state index contributed by atoms with van der Waals surface area (Å²) in [7, 11) is -3.60. The summed E-state index contributed by atoms with van der Waals surface area (Å²) < 4.78 is 28.6. The normalized spacial score (nSPS) is 13.0. The predicted octanol–water partition coefficient (Wildman–Crippen LogP) is 2.73. The molecule has 7 nitrogen and oxygen atoms in total. The monoisotopic (exact) mass is 378 g/mol. The fourth-order valence-corrected chi connectivity index (χ4v) is 4.26. The number of nitrogens with one attached hydrogen (secondary N) is 1. The molecule has 0 saturated carbocycles. The number of amides is 1. The van der Waals surface area contributed by atoms with Crippen LogP contribution in [0.2, 0.25) is 0 Å². The Morgan fingerprint density at radius 1 is 1.27 bits per heavy atom. The van der Waals surface area contributed by atoms with E-state index in [4.69, 9.17) is 0 Å². The molecule has 1 N–H and O–H groups in total. The molecule has 26 heavy (non-hydrogen) atoms. The highest BCUT2D eigenvalue weighted by molar-refractivity contribution is 7.89. The Hall–Kier alpha value is -2.19. The van der Waals surface area contributed by atoms with E-state index >= 15 is 0 Å². The highest BCUT2D eigenvalue weighted by Gasteiger charge is 2.24. The standard InChI is InChI=1S/C18H26N4O3S/c1-6-21(7-2)26(24,25)16-11-13(3)14(4)17(12-16)20-18(23)15(5)22-10-8-9-19-22/h8-12,15H,6-7H2,1-5H3,(H,20,23). The van der Waals surface area contributed by atoms with Crippen molar-refractivity contribution in [3.05, 3.63) is 41.7 Å². The van der Waals surface area contributed by atoms with Crippen LogP contribution in [0.1, 0.15) is 37.9 Å². The molecule has 1 heterocycles. The molecule has 1 aromatic heterocycles. The molecule has 0 radical (unpaired) electrons. The third kappa shape index (κ3) is 3.96. The highest BCUT2D eigenvalue weighted by Crippen LogP contribution is 2.27. The number of carbonyl (C=O) groups excluding carboxylic acids is 1. The molecule has 1 aromatic carbocycles. The molecule has 0 bridgehead atoms. The first kappa shape index (κ1) is 20.1. The topological polar surface area (TPSA) is 84.3 Å². The molecule has 0 aliphatic heterocycles. The van der Waals surface area contributed by atoms with Crippen LogP contribution in [0.25, 0.3) is 0 Å². The molecule has 1 atom stereocenters. The number of hydrogen-bond donors (Lipinski definition) is 1. The van der Waals surface area contributed by atoms with Crippen LogP contribution in [0.4, 0.5) is 5.69 Å². The van der Waals surface area contributed by atoms with Gasteiger partial charge in [-0.25, -0.2) is 8.42 Å². The minimum Gasteiger partial charge on any atom is -0.324 e. The number of carbonyl (C=O) groups is 1. The van der Waals surface area contributed by atoms with Crippen LogP contribution in [0.3, 0.4) is 0 Å². The van der Waals surface area contributed by atoms with Gasteiger partial charge >= 0.3 is 0 Å². The van der Waals surface area contributed by atoms with Gasteiger partial charge in [-0.3, -0.25) is 9.48 Å². The minimum absolute atomic E-state index is 0.186. The molecule has 2 rings (SSSR count). The molecule has 1 unspecified atom stereocenters. The van der Waals surface area contributed by atoms with Gasteiger partial charge in [0.15, 0.2) is 0 Å². The molecule has 0 aliphatic rings. The zero-order valence-electron chi connectivity index (χ0n) is 15.9. The summed E-state index contributed by atoms with van der Waals surface area (Å²) in [5, 5.41) is 6.92. The van der Waals surface area contributed by atoms with Crippen LogP contribution in [-0.4, -0.2) is 41.5 Å². The maximum Gasteiger partial charge on any atom is 0.248 e. The van der Waals surface area contributed by atoms with Gasteiger partial charge in [-0.15, -0.1) is 0 Å². The lowest BCUT2D eigenvalue weighted by Crippen LogP contribution is -2.31. The summed E-state index contributed by atoms with van der Waals surface area (Å²) in [6, 6.07) is 4.42. The van der Waals surface area contributed by atoms with E-state index < -0.39 is 16.1 Å². The quantitative estimate of drug-likeness (QED) is 0.803. The molecule has 142 valence electrons. The number of rotatable bonds is 7. The average molecular weight is 378 g/mol. The van der Waals surface area contributed by atoms with Crippen LogP contribution >= 0.6 is 0 Å². The Bertz CT molecular complexity index is 872. The molecule has 1 amide bonds. The van der Waals surface area contributed by atoms with Gasteiger partial charge in [0.25, 0.3) is 0 Å². The van der Waals surface area contributed by atoms with Crippen molar-refractivity contribution in [1.29, 1.82) is 0 Å². The molecule has 0 aliphatic carbocycles. The minimum atomic E-state index is -3.60. The van der Waals surface area contributed by atoms with Crippen LogP contribution in [0.15, 0.2) is 35.5 Å². The fraction of sp³-hybridized carbons (Fsp3) is 0.444. The zero-order valence-corrected chi connectivity index (χ0v) is 16.7. The van der Waals surface area contributed by atoms with Gasteiger partial charge in [0, 0.05) is 31.2 Å². The van der Waals surface area contributed by atoms with Gasteiger partial charge < -0.3 is 5.32 Å². The van der Waals surface area contributed by atoms with E-state index in [0.29, 0.717) is 18.8 Å². The maximum absolute atomic E-state index is 12.8. The number of benzene rings is 1.